The molecule has 0 saturated carbocycles. The minimum atomic E-state index is -0.867. The second kappa shape index (κ2) is 7.19. The van der Waals surface area contributed by atoms with E-state index < -0.39 is 23.0 Å². The van der Waals surface area contributed by atoms with Crippen LogP contribution in [0.25, 0.3) is 0 Å². The van der Waals surface area contributed by atoms with Crippen molar-refractivity contribution in [2.24, 2.45) is 5.41 Å². The monoisotopic (exact) mass is 368 g/mol. The number of ether oxygens (including phenoxy) is 1. The van der Waals surface area contributed by atoms with Crippen molar-refractivity contribution in [3.05, 3.63) is 29.8 Å². The van der Waals surface area contributed by atoms with Crippen LogP contribution >= 0.6 is 0 Å². The summed E-state index contributed by atoms with van der Waals surface area (Å²) >= 11 is 0. The molecule has 2 aliphatic rings. The minimum Gasteiger partial charge on any atom is -0.481 e. The predicted molar refractivity (Wildman–Crippen MR) is 88.8 cm³/mol. The fourth-order valence-corrected chi connectivity index (χ4v) is 4.03. The van der Waals surface area contributed by atoms with Crippen LogP contribution in [0.2, 0.25) is 0 Å². The number of carboxylic acids is 1. The Balaban J connectivity index is 1.65. The lowest BCUT2D eigenvalue weighted by Gasteiger charge is -2.51. The first-order valence-electron chi connectivity index (χ1n) is 8.63. The van der Waals surface area contributed by atoms with E-state index in [-0.39, 0.29) is 24.3 Å². The van der Waals surface area contributed by atoms with E-state index in [0.717, 1.165) is 25.1 Å². The summed E-state index contributed by atoms with van der Waals surface area (Å²) in [6.45, 7) is 1.04. The topological polar surface area (TPSA) is 70.1 Å². The molecule has 142 valence electrons. The van der Waals surface area contributed by atoms with E-state index in [1.165, 1.54) is 0 Å². The number of hydrogen-bond acceptors (Lipinski definition) is 4. The number of halogens is 2. The number of likely N-dealkylation sites (tertiary alicyclic amines) is 2. The Hall–Kier alpha value is -2.22. The number of amides is 1. The number of carbonyl (C=O) groups excluding carboxylic acids is 1. The zero-order chi connectivity index (χ0) is 18.9. The quantitative estimate of drug-likeness (QED) is 0.877. The first-order valence-corrected chi connectivity index (χ1v) is 8.63. The van der Waals surface area contributed by atoms with Crippen molar-refractivity contribution in [1.82, 2.24) is 9.80 Å². The summed E-state index contributed by atoms with van der Waals surface area (Å²) in [7, 11) is 1.87. The number of carboxylic acid groups (broad SMARTS) is 1. The van der Waals surface area contributed by atoms with Crippen LogP contribution in [0.5, 0.6) is 5.75 Å². The summed E-state index contributed by atoms with van der Waals surface area (Å²) in [6, 6.07) is 2.63. The molecule has 0 aliphatic carbocycles. The highest BCUT2D eigenvalue weighted by Gasteiger charge is 2.52. The van der Waals surface area contributed by atoms with E-state index in [4.69, 9.17) is 4.74 Å². The van der Waals surface area contributed by atoms with Crippen molar-refractivity contribution in [2.45, 2.75) is 25.3 Å². The maximum atomic E-state index is 13.6. The Kier molecular flexibility index (Phi) is 5.13. The lowest BCUT2D eigenvalue weighted by Crippen LogP contribution is -2.64. The maximum absolute atomic E-state index is 13.6. The molecule has 1 aromatic rings. The van der Waals surface area contributed by atoms with Crippen LogP contribution < -0.4 is 4.74 Å². The van der Waals surface area contributed by atoms with Crippen LogP contribution in [0.3, 0.4) is 0 Å². The van der Waals surface area contributed by atoms with E-state index in [9.17, 15) is 23.5 Å². The highest BCUT2D eigenvalue weighted by atomic mass is 19.1. The lowest BCUT2D eigenvalue weighted by molar-refractivity contribution is -0.165. The molecular formula is C18H22F2N2O4. The van der Waals surface area contributed by atoms with E-state index in [2.05, 4.69) is 0 Å². The van der Waals surface area contributed by atoms with Crippen LogP contribution in [-0.4, -0.2) is 66.1 Å². The van der Waals surface area contributed by atoms with Gasteiger partial charge in [-0.25, -0.2) is 8.78 Å². The molecule has 26 heavy (non-hydrogen) atoms. The fraction of sp³-hybridized carbons (Fsp3) is 0.556. The smallest absolute Gasteiger partial charge is 0.311 e. The first-order chi connectivity index (χ1) is 12.3. The summed E-state index contributed by atoms with van der Waals surface area (Å²) in [6.07, 6.45) is 1.81. The van der Waals surface area contributed by atoms with Gasteiger partial charge in [0.2, 0.25) is 0 Å². The number of rotatable bonds is 4. The van der Waals surface area contributed by atoms with Gasteiger partial charge in [-0.1, -0.05) is 0 Å². The Labute approximate surface area is 150 Å². The van der Waals surface area contributed by atoms with Crippen molar-refractivity contribution in [3.8, 4) is 5.75 Å². The molecule has 2 saturated heterocycles. The third kappa shape index (κ3) is 3.38. The van der Waals surface area contributed by atoms with Gasteiger partial charge in [0.15, 0.2) is 18.2 Å². The second-order valence-electron chi connectivity index (χ2n) is 7.01. The highest BCUT2D eigenvalue weighted by molar-refractivity contribution is 5.80. The van der Waals surface area contributed by atoms with Crippen LogP contribution in [0, 0.1) is 17.0 Å². The standard InChI is InChI=1S/C18H22F2N2O4/c1-21-7-2-5-18(17(24)25)6-8-22(10-15(18)21)16(23)11-26-14-4-3-12(19)9-13(14)20/h3-4,9,15H,2,5-8,10-11H2,1H3,(H,24,25)/t15-,18+/m1/s1. The van der Waals surface area contributed by atoms with Crippen molar-refractivity contribution in [1.29, 1.82) is 0 Å². The van der Waals surface area contributed by atoms with E-state index in [1.807, 2.05) is 11.9 Å². The molecule has 8 heteroatoms. The SMILES string of the molecule is CN1CCC[C@]2(C(=O)O)CCN(C(=O)COc3ccc(F)cc3F)C[C@@H]12. The molecule has 1 N–H and O–H groups in total. The first kappa shape index (κ1) is 18.6. The summed E-state index contributed by atoms with van der Waals surface area (Å²) in [5.41, 5.74) is -0.826. The van der Waals surface area contributed by atoms with Gasteiger partial charge >= 0.3 is 5.97 Å². The summed E-state index contributed by atoms with van der Waals surface area (Å²) in [4.78, 5) is 27.9. The molecule has 0 unspecified atom stereocenters. The average molecular weight is 368 g/mol. The van der Waals surface area contributed by atoms with Crippen LogP contribution in [0.1, 0.15) is 19.3 Å². The minimum absolute atomic E-state index is 0.188. The van der Waals surface area contributed by atoms with E-state index in [0.29, 0.717) is 32.0 Å². The van der Waals surface area contributed by atoms with Crippen molar-refractivity contribution >= 4 is 11.9 Å². The molecule has 0 bridgehead atoms. The van der Waals surface area contributed by atoms with Crippen molar-refractivity contribution in [3.63, 3.8) is 0 Å². The Bertz CT molecular complexity index is 714. The second-order valence-corrected chi connectivity index (χ2v) is 7.01. The number of aliphatic carboxylic acids is 1. The van der Waals surface area contributed by atoms with Gasteiger partial charge < -0.3 is 19.6 Å². The van der Waals surface area contributed by atoms with Gasteiger partial charge in [-0.05, 0) is 45.0 Å². The molecule has 2 atom stereocenters. The Morgan fingerprint density at radius 3 is 2.77 bits per heavy atom. The van der Waals surface area contributed by atoms with Gasteiger partial charge in [0.25, 0.3) is 5.91 Å². The molecule has 3 rings (SSSR count). The molecule has 1 amide bonds. The molecule has 0 radical (unpaired) electrons. The Morgan fingerprint density at radius 1 is 1.31 bits per heavy atom. The molecule has 1 aromatic carbocycles. The molecular weight excluding hydrogens is 346 g/mol. The van der Waals surface area contributed by atoms with Crippen molar-refractivity contribution in [2.75, 3.05) is 33.3 Å². The largest absolute Gasteiger partial charge is 0.481 e. The third-order valence-corrected chi connectivity index (χ3v) is 5.55. The van der Waals surface area contributed by atoms with Gasteiger partial charge in [0, 0.05) is 25.2 Å². The summed E-state index contributed by atoms with van der Waals surface area (Å²) in [5.74, 6) is -2.93. The number of carbonyl (C=O) groups is 2. The number of benzene rings is 1. The summed E-state index contributed by atoms with van der Waals surface area (Å²) < 4.78 is 31.7. The van der Waals surface area contributed by atoms with Crippen LogP contribution in [-0.2, 0) is 9.59 Å². The number of hydrogen-bond donors (Lipinski definition) is 1. The number of piperidine rings is 2. The molecule has 0 spiro atoms. The van der Waals surface area contributed by atoms with Gasteiger partial charge in [0.1, 0.15) is 5.82 Å². The normalized spacial score (nSPS) is 26.3. The van der Waals surface area contributed by atoms with Gasteiger partial charge in [-0.2, -0.15) is 0 Å². The maximum Gasteiger partial charge on any atom is 0.311 e. The number of nitrogens with zero attached hydrogens (tertiary/aromatic N) is 2. The fourth-order valence-electron chi connectivity index (χ4n) is 4.03. The number of fused-ring (bicyclic) bond motifs is 1. The zero-order valence-corrected chi connectivity index (χ0v) is 14.6. The van der Waals surface area contributed by atoms with E-state index >= 15 is 0 Å². The average Bonchev–Trinajstić information content (AvgIpc) is 2.60. The molecule has 0 aromatic heterocycles. The summed E-state index contributed by atoms with van der Waals surface area (Å²) in [5, 5.41) is 9.74. The van der Waals surface area contributed by atoms with Crippen LogP contribution in [0.15, 0.2) is 18.2 Å². The van der Waals surface area contributed by atoms with Crippen molar-refractivity contribution < 1.29 is 28.2 Å². The van der Waals surface area contributed by atoms with Gasteiger partial charge in [0.05, 0.1) is 5.41 Å². The predicted octanol–water partition coefficient (Wildman–Crippen LogP) is 1.74. The molecule has 6 nitrogen and oxygen atoms in total. The Morgan fingerprint density at radius 2 is 2.08 bits per heavy atom. The highest BCUT2D eigenvalue weighted by Crippen LogP contribution is 2.42. The third-order valence-electron chi connectivity index (χ3n) is 5.55. The van der Waals surface area contributed by atoms with E-state index in [1.54, 1.807) is 4.90 Å². The zero-order valence-electron chi connectivity index (χ0n) is 14.6. The molecule has 2 heterocycles. The van der Waals surface area contributed by atoms with Gasteiger partial charge in [-0.15, -0.1) is 0 Å². The number of likely N-dealkylation sites (N-methyl/N-ethyl adjacent to an activating group) is 1. The molecule has 2 fully saturated rings. The molecule has 2 aliphatic heterocycles. The lowest BCUT2D eigenvalue weighted by atomic mass is 9.68. The van der Waals surface area contributed by atoms with Crippen LogP contribution in [0.4, 0.5) is 8.78 Å². The van der Waals surface area contributed by atoms with Gasteiger partial charge in [-0.3, -0.25) is 9.59 Å².